The Morgan fingerprint density at radius 1 is 1.03 bits per heavy atom. The van der Waals surface area contributed by atoms with Crippen LogP contribution in [-0.4, -0.2) is 60.3 Å². The Hall–Kier alpha value is -2.18. The van der Waals surface area contributed by atoms with Gasteiger partial charge in [-0.3, -0.25) is 9.59 Å². The third-order valence-corrected chi connectivity index (χ3v) is 6.51. The third kappa shape index (κ3) is 13.8. The standard InChI is InChI=1S/C30H50N2O4/c1-23(21-30(5,6)22-29(2,3)4)19-25(28(35)36)20-27(34)31-16-12-17-32(7,8)18-15-26(33)24-13-10-9-11-14-24/h9-11,13-14,25-26,33H,1,12,15-22H2,2-8H3,(H-,31,34,35,36)/p+1. The lowest BCUT2D eigenvalue weighted by atomic mass is 9.72. The van der Waals surface area contributed by atoms with Crippen molar-refractivity contribution in [2.24, 2.45) is 16.7 Å². The fourth-order valence-electron chi connectivity index (χ4n) is 5.30. The van der Waals surface area contributed by atoms with Crippen LogP contribution in [0.5, 0.6) is 0 Å². The first kappa shape index (κ1) is 31.8. The molecule has 0 spiro atoms. The summed E-state index contributed by atoms with van der Waals surface area (Å²) in [6.07, 6.45) is 3.02. The van der Waals surface area contributed by atoms with Crippen molar-refractivity contribution in [2.75, 3.05) is 33.7 Å². The summed E-state index contributed by atoms with van der Waals surface area (Å²) < 4.78 is 0.738. The molecule has 1 amide bonds. The molecule has 0 saturated carbocycles. The molecule has 6 heteroatoms. The Kier molecular flexibility index (Phi) is 12.3. The Bertz CT molecular complexity index is 840. The van der Waals surface area contributed by atoms with E-state index in [2.05, 4.69) is 60.6 Å². The number of nitrogens with zero attached hydrogens (tertiary/aromatic N) is 1. The van der Waals surface area contributed by atoms with E-state index in [1.165, 1.54) is 0 Å². The van der Waals surface area contributed by atoms with Gasteiger partial charge in [0.2, 0.25) is 5.91 Å². The van der Waals surface area contributed by atoms with Crippen LogP contribution in [0.1, 0.15) is 84.8 Å². The molecule has 0 aromatic heterocycles. The Balaban J connectivity index is 2.42. The maximum atomic E-state index is 12.5. The van der Waals surface area contributed by atoms with Crippen LogP contribution in [0.15, 0.2) is 42.5 Å². The van der Waals surface area contributed by atoms with Crippen LogP contribution in [0, 0.1) is 16.7 Å². The van der Waals surface area contributed by atoms with Gasteiger partial charge < -0.3 is 20.0 Å². The van der Waals surface area contributed by atoms with Crippen LogP contribution in [0.2, 0.25) is 0 Å². The highest BCUT2D eigenvalue weighted by Gasteiger charge is 2.28. The Morgan fingerprint density at radius 2 is 1.64 bits per heavy atom. The van der Waals surface area contributed by atoms with Crippen molar-refractivity contribution in [2.45, 2.75) is 79.2 Å². The minimum atomic E-state index is -0.949. The second kappa shape index (κ2) is 13.9. The molecule has 0 aliphatic carbocycles. The lowest BCUT2D eigenvalue weighted by Gasteiger charge is -2.33. The molecule has 1 rings (SSSR count). The van der Waals surface area contributed by atoms with Crippen LogP contribution in [0.3, 0.4) is 0 Å². The van der Waals surface area contributed by atoms with E-state index in [0.29, 0.717) is 19.4 Å². The summed E-state index contributed by atoms with van der Waals surface area (Å²) in [4.78, 5) is 24.3. The molecule has 1 aromatic carbocycles. The zero-order valence-electron chi connectivity index (χ0n) is 23.8. The number of carboxylic acid groups (broad SMARTS) is 1. The first-order valence-electron chi connectivity index (χ1n) is 13.2. The number of hydrogen-bond acceptors (Lipinski definition) is 3. The second-order valence-corrected chi connectivity index (χ2v) is 13.1. The first-order chi connectivity index (χ1) is 16.5. The summed E-state index contributed by atoms with van der Waals surface area (Å²) in [6.45, 7) is 17.3. The fourth-order valence-corrected chi connectivity index (χ4v) is 5.30. The number of aliphatic carboxylic acids is 1. The van der Waals surface area contributed by atoms with Crippen LogP contribution in [0.25, 0.3) is 0 Å². The monoisotopic (exact) mass is 503 g/mol. The number of benzene rings is 1. The van der Waals surface area contributed by atoms with Crippen molar-refractivity contribution in [3.05, 3.63) is 48.0 Å². The van der Waals surface area contributed by atoms with Crippen molar-refractivity contribution in [3.63, 3.8) is 0 Å². The van der Waals surface area contributed by atoms with E-state index in [9.17, 15) is 19.8 Å². The average Bonchev–Trinajstić information content (AvgIpc) is 2.73. The molecule has 0 heterocycles. The lowest BCUT2D eigenvalue weighted by Crippen LogP contribution is -2.43. The quantitative estimate of drug-likeness (QED) is 0.156. The zero-order chi connectivity index (χ0) is 27.6. The summed E-state index contributed by atoms with van der Waals surface area (Å²) in [5.74, 6) is -1.93. The molecule has 204 valence electrons. The normalized spacial score (nSPS) is 14.2. The maximum absolute atomic E-state index is 12.5. The molecule has 0 fully saturated rings. The van der Waals surface area contributed by atoms with Gasteiger partial charge in [0.25, 0.3) is 0 Å². The van der Waals surface area contributed by atoms with Gasteiger partial charge in [0.05, 0.1) is 39.2 Å². The predicted octanol–water partition coefficient (Wildman–Crippen LogP) is 5.58. The molecular formula is C30H51N2O4+. The third-order valence-electron chi connectivity index (χ3n) is 6.51. The summed E-state index contributed by atoms with van der Waals surface area (Å²) in [5, 5.41) is 23.0. The Morgan fingerprint density at radius 3 is 2.19 bits per heavy atom. The minimum Gasteiger partial charge on any atom is -0.481 e. The molecule has 0 aliphatic rings. The number of carbonyl (C=O) groups excluding carboxylic acids is 1. The van der Waals surface area contributed by atoms with E-state index in [1.54, 1.807) is 0 Å². The van der Waals surface area contributed by atoms with E-state index in [0.717, 1.165) is 48.0 Å². The second-order valence-electron chi connectivity index (χ2n) is 13.1. The van der Waals surface area contributed by atoms with Crippen LogP contribution in [-0.2, 0) is 9.59 Å². The summed E-state index contributed by atoms with van der Waals surface area (Å²) in [5.41, 5.74) is 2.03. The lowest BCUT2D eigenvalue weighted by molar-refractivity contribution is -0.891. The van der Waals surface area contributed by atoms with Gasteiger partial charge in [0, 0.05) is 25.8 Å². The highest BCUT2D eigenvalue weighted by atomic mass is 16.4. The Labute approximate surface area is 219 Å². The van der Waals surface area contributed by atoms with E-state index < -0.39 is 18.0 Å². The molecule has 0 radical (unpaired) electrons. The summed E-state index contributed by atoms with van der Waals surface area (Å²) in [7, 11) is 4.24. The van der Waals surface area contributed by atoms with E-state index in [-0.39, 0.29) is 23.2 Å². The number of aliphatic hydroxyl groups is 1. The van der Waals surface area contributed by atoms with E-state index in [4.69, 9.17) is 0 Å². The maximum Gasteiger partial charge on any atom is 0.307 e. The average molecular weight is 504 g/mol. The number of quaternary nitrogens is 1. The number of rotatable bonds is 16. The van der Waals surface area contributed by atoms with Crippen LogP contribution >= 0.6 is 0 Å². The van der Waals surface area contributed by atoms with Gasteiger partial charge >= 0.3 is 5.97 Å². The van der Waals surface area contributed by atoms with Gasteiger partial charge in [-0.15, -0.1) is 0 Å². The first-order valence-corrected chi connectivity index (χ1v) is 13.2. The molecule has 2 atom stereocenters. The fraction of sp³-hybridized carbons (Fsp3) is 0.667. The van der Waals surface area contributed by atoms with E-state index >= 15 is 0 Å². The van der Waals surface area contributed by atoms with E-state index in [1.807, 2.05) is 30.3 Å². The van der Waals surface area contributed by atoms with Crippen molar-refractivity contribution >= 4 is 11.9 Å². The predicted molar refractivity (Wildman–Crippen MR) is 147 cm³/mol. The van der Waals surface area contributed by atoms with Crippen molar-refractivity contribution in [3.8, 4) is 0 Å². The number of allylic oxidation sites excluding steroid dienone is 1. The molecule has 2 unspecified atom stereocenters. The topological polar surface area (TPSA) is 86.6 Å². The van der Waals surface area contributed by atoms with Crippen molar-refractivity contribution in [1.82, 2.24) is 5.32 Å². The molecule has 6 nitrogen and oxygen atoms in total. The molecule has 0 bridgehead atoms. The number of carbonyl (C=O) groups is 2. The molecule has 1 aromatic rings. The zero-order valence-corrected chi connectivity index (χ0v) is 23.8. The largest absolute Gasteiger partial charge is 0.481 e. The van der Waals surface area contributed by atoms with Gasteiger partial charge in [-0.25, -0.2) is 0 Å². The summed E-state index contributed by atoms with van der Waals surface area (Å²) in [6, 6.07) is 9.67. The number of hydrogen-bond donors (Lipinski definition) is 3. The number of carboxylic acids is 1. The van der Waals surface area contributed by atoms with Gasteiger partial charge in [-0.1, -0.05) is 77.1 Å². The van der Waals surface area contributed by atoms with Gasteiger partial charge in [0.15, 0.2) is 0 Å². The molecule has 0 saturated heterocycles. The smallest absolute Gasteiger partial charge is 0.307 e. The van der Waals surface area contributed by atoms with Gasteiger partial charge in [-0.2, -0.15) is 0 Å². The molecular weight excluding hydrogens is 452 g/mol. The van der Waals surface area contributed by atoms with Gasteiger partial charge in [0.1, 0.15) is 0 Å². The van der Waals surface area contributed by atoms with Crippen molar-refractivity contribution in [1.29, 1.82) is 0 Å². The SMILES string of the molecule is C=C(CC(CC(=O)NCCC[N+](C)(C)CCC(O)c1ccccc1)C(=O)O)CC(C)(C)CC(C)(C)C. The number of nitrogens with one attached hydrogen (secondary N) is 1. The van der Waals surface area contributed by atoms with Crippen LogP contribution in [0.4, 0.5) is 0 Å². The highest BCUT2D eigenvalue weighted by molar-refractivity contribution is 5.82. The van der Waals surface area contributed by atoms with Crippen LogP contribution < -0.4 is 5.32 Å². The highest BCUT2D eigenvalue weighted by Crippen LogP contribution is 2.38. The van der Waals surface area contributed by atoms with Gasteiger partial charge in [-0.05, 0) is 35.7 Å². The molecule has 36 heavy (non-hydrogen) atoms. The molecule has 0 aliphatic heterocycles. The van der Waals surface area contributed by atoms with Crippen molar-refractivity contribution < 1.29 is 24.3 Å². The number of aliphatic hydroxyl groups excluding tert-OH is 1. The summed E-state index contributed by atoms with van der Waals surface area (Å²) >= 11 is 0. The minimum absolute atomic E-state index is 0.0306. The number of amides is 1. The molecule has 3 N–H and O–H groups in total.